The lowest BCUT2D eigenvalue weighted by molar-refractivity contribution is -0.136. The van der Waals surface area contributed by atoms with Gasteiger partial charge in [0.25, 0.3) is 11.8 Å². The molecule has 222 valence electrons. The van der Waals surface area contributed by atoms with Gasteiger partial charge in [-0.1, -0.05) is 6.07 Å². The highest BCUT2D eigenvalue weighted by molar-refractivity contribution is 6.25. The average molecular weight is 569 g/mol. The van der Waals surface area contributed by atoms with Gasteiger partial charge >= 0.3 is 6.09 Å². The Morgan fingerprint density at radius 3 is 2.29 bits per heavy atom. The second-order valence-corrected chi connectivity index (χ2v) is 12.5. The van der Waals surface area contributed by atoms with Gasteiger partial charge in [-0.3, -0.25) is 29.4 Å². The predicted molar refractivity (Wildman–Crippen MR) is 149 cm³/mol. The first-order chi connectivity index (χ1) is 19.5. The van der Waals surface area contributed by atoms with Gasteiger partial charge in [-0.25, -0.2) is 4.79 Å². The van der Waals surface area contributed by atoms with Gasteiger partial charge in [0, 0.05) is 31.7 Å². The molecule has 1 atom stereocenters. The van der Waals surface area contributed by atoms with Crippen LogP contribution in [0.25, 0.3) is 0 Å². The van der Waals surface area contributed by atoms with E-state index in [-0.39, 0.29) is 42.3 Å². The number of nitrogens with zero attached hydrogens (tertiary/aromatic N) is 2. The second kappa shape index (κ2) is 11.8. The highest BCUT2D eigenvalue weighted by atomic mass is 16.6. The Kier molecular flexibility index (Phi) is 8.35. The summed E-state index contributed by atoms with van der Waals surface area (Å²) in [5.74, 6) is -1.61. The third kappa shape index (κ3) is 6.55. The van der Waals surface area contributed by atoms with E-state index in [0.717, 1.165) is 43.4 Å². The monoisotopic (exact) mass is 568 g/mol. The standard InChI is InChI=1S/C30H40N4O7/c1-30(2,3)41-29(39)33-15-13-20(14-16-33)40-19-9-7-18(8-10-19)17-31-22-6-4-5-21-25(22)28(38)34(27(21)37)23-11-12-24(35)32-26(23)36/h4-6,18-20,23,31H,7-17H2,1-3H3,(H,32,35,36). The van der Waals surface area contributed by atoms with Crippen LogP contribution in [0.15, 0.2) is 18.2 Å². The largest absolute Gasteiger partial charge is 0.444 e. The number of hydrogen-bond donors (Lipinski definition) is 2. The fourth-order valence-electron chi connectivity index (χ4n) is 6.16. The number of hydrogen-bond acceptors (Lipinski definition) is 8. The minimum atomic E-state index is -0.979. The van der Waals surface area contributed by atoms with Crippen LogP contribution < -0.4 is 10.6 Å². The molecule has 0 aromatic heterocycles. The summed E-state index contributed by atoms with van der Waals surface area (Å²) in [5, 5.41) is 5.62. The molecular weight excluding hydrogens is 528 g/mol. The Balaban J connectivity index is 1.09. The van der Waals surface area contributed by atoms with Gasteiger partial charge in [0.2, 0.25) is 11.8 Å². The van der Waals surface area contributed by atoms with Crippen molar-refractivity contribution < 1.29 is 33.4 Å². The van der Waals surface area contributed by atoms with Crippen molar-refractivity contribution in [2.75, 3.05) is 25.0 Å². The van der Waals surface area contributed by atoms with Crippen molar-refractivity contribution in [3.05, 3.63) is 29.3 Å². The van der Waals surface area contributed by atoms with E-state index in [1.54, 1.807) is 23.1 Å². The smallest absolute Gasteiger partial charge is 0.410 e. The fourth-order valence-corrected chi connectivity index (χ4v) is 6.16. The number of piperidine rings is 2. The van der Waals surface area contributed by atoms with Crippen LogP contribution in [0, 0.1) is 5.92 Å². The summed E-state index contributed by atoms with van der Waals surface area (Å²) < 4.78 is 11.9. The minimum Gasteiger partial charge on any atom is -0.444 e. The van der Waals surface area contributed by atoms with Crippen LogP contribution in [0.2, 0.25) is 0 Å². The van der Waals surface area contributed by atoms with Crippen LogP contribution in [-0.4, -0.2) is 83.0 Å². The molecule has 5 amide bonds. The number of benzene rings is 1. The topological polar surface area (TPSA) is 134 Å². The number of nitrogens with one attached hydrogen (secondary N) is 2. The molecule has 1 aliphatic carbocycles. The highest BCUT2D eigenvalue weighted by Crippen LogP contribution is 2.34. The molecule has 0 spiro atoms. The van der Waals surface area contributed by atoms with Crippen molar-refractivity contribution in [2.24, 2.45) is 5.92 Å². The summed E-state index contributed by atoms with van der Waals surface area (Å²) in [6.45, 7) is 7.56. The number of anilines is 1. The summed E-state index contributed by atoms with van der Waals surface area (Å²) in [6, 6.07) is 4.15. The molecule has 1 unspecified atom stereocenters. The van der Waals surface area contributed by atoms with Gasteiger partial charge in [0.1, 0.15) is 11.6 Å². The van der Waals surface area contributed by atoms with Gasteiger partial charge in [-0.15, -0.1) is 0 Å². The van der Waals surface area contributed by atoms with Crippen LogP contribution in [0.5, 0.6) is 0 Å². The minimum absolute atomic E-state index is 0.0899. The number of carbonyl (C=O) groups is 5. The molecule has 1 aromatic rings. The summed E-state index contributed by atoms with van der Waals surface area (Å²) in [5.41, 5.74) is 0.656. The van der Waals surface area contributed by atoms with Gasteiger partial charge < -0.3 is 19.7 Å². The van der Waals surface area contributed by atoms with Crippen LogP contribution in [0.3, 0.4) is 0 Å². The van der Waals surface area contributed by atoms with Gasteiger partial charge in [0.15, 0.2) is 0 Å². The molecule has 1 saturated carbocycles. The number of carbonyl (C=O) groups excluding carboxylic acids is 5. The zero-order chi connectivity index (χ0) is 29.3. The maximum absolute atomic E-state index is 13.3. The number of ether oxygens (including phenoxy) is 2. The van der Waals surface area contributed by atoms with E-state index in [1.165, 1.54) is 0 Å². The van der Waals surface area contributed by atoms with Crippen molar-refractivity contribution in [1.29, 1.82) is 0 Å². The zero-order valence-corrected chi connectivity index (χ0v) is 24.1. The first-order valence-electron chi connectivity index (χ1n) is 14.7. The molecular formula is C30H40N4O7. The maximum atomic E-state index is 13.3. The average Bonchev–Trinajstić information content (AvgIpc) is 3.18. The predicted octanol–water partition coefficient (Wildman–Crippen LogP) is 3.47. The number of fused-ring (bicyclic) bond motifs is 1. The summed E-state index contributed by atoms with van der Waals surface area (Å²) in [6.07, 6.45) is 5.80. The Morgan fingerprint density at radius 1 is 0.951 bits per heavy atom. The number of amides is 5. The summed E-state index contributed by atoms with van der Waals surface area (Å²) >= 11 is 0. The molecule has 3 fully saturated rings. The molecule has 0 radical (unpaired) electrons. The van der Waals surface area contributed by atoms with Crippen LogP contribution in [0.4, 0.5) is 10.5 Å². The molecule has 3 aliphatic heterocycles. The molecule has 5 rings (SSSR count). The molecule has 2 saturated heterocycles. The van der Waals surface area contributed by atoms with Crippen molar-refractivity contribution >= 4 is 35.4 Å². The lowest BCUT2D eigenvalue weighted by Gasteiger charge is -2.36. The highest BCUT2D eigenvalue weighted by Gasteiger charge is 2.45. The quantitative estimate of drug-likeness (QED) is 0.498. The van der Waals surface area contributed by atoms with E-state index in [0.29, 0.717) is 31.2 Å². The lowest BCUT2D eigenvalue weighted by Crippen LogP contribution is -2.54. The number of likely N-dealkylation sites (tertiary alicyclic amines) is 1. The molecule has 2 N–H and O–H groups in total. The summed E-state index contributed by atoms with van der Waals surface area (Å²) in [7, 11) is 0. The second-order valence-electron chi connectivity index (χ2n) is 12.5. The Morgan fingerprint density at radius 2 is 1.63 bits per heavy atom. The first kappa shape index (κ1) is 29.0. The van der Waals surface area contributed by atoms with E-state index in [9.17, 15) is 24.0 Å². The van der Waals surface area contributed by atoms with E-state index in [4.69, 9.17) is 9.47 Å². The zero-order valence-electron chi connectivity index (χ0n) is 24.1. The Hall–Kier alpha value is -3.47. The molecule has 1 aromatic carbocycles. The fraction of sp³-hybridized carbons (Fsp3) is 0.633. The van der Waals surface area contributed by atoms with E-state index in [2.05, 4.69) is 10.6 Å². The van der Waals surface area contributed by atoms with Gasteiger partial charge in [0.05, 0.1) is 23.3 Å². The molecule has 41 heavy (non-hydrogen) atoms. The SMILES string of the molecule is CC(C)(C)OC(=O)N1CCC(OC2CCC(CNc3cccc4c3C(=O)N(C3CCC(=O)NC3=O)C4=O)CC2)CC1. The van der Waals surface area contributed by atoms with E-state index >= 15 is 0 Å². The van der Waals surface area contributed by atoms with Gasteiger partial charge in [-0.05, 0) is 83.8 Å². The molecule has 4 aliphatic rings. The van der Waals surface area contributed by atoms with Crippen molar-refractivity contribution in [3.8, 4) is 0 Å². The third-order valence-corrected chi connectivity index (χ3v) is 8.32. The van der Waals surface area contributed by atoms with Crippen molar-refractivity contribution in [2.45, 2.75) is 96.0 Å². The van der Waals surface area contributed by atoms with Crippen LogP contribution in [0.1, 0.15) is 92.9 Å². The van der Waals surface area contributed by atoms with E-state index in [1.807, 2.05) is 20.8 Å². The summed E-state index contributed by atoms with van der Waals surface area (Å²) in [4.78, 5) is 65.4. The van der Waals surface area contributed by atoms with E-state index < -0.39 is 35.3 Å². The first-order valence-corrected chi connectivity index (χ1v) is 14.7. The number of imide groups is 2. The number of rotatable bonds is 6. The molecule has 11 nitrogen and oxygen atoms in total. The molecule has 11 heteroatoms. The maximum Gasteiger partial charge on any atom is 0.410 e. The lowest BCUT2D eigenvalue weighted by atomic mass is 9.87. The van der Waals surface area contributed by atoms with Crippen LogP contribution in [-0.2, 0) is 19.1 Å². The Labute approximate surface area is 240 Å². The third-order valence-electron chi connectivity index (χ3n) is 8.32. The molecule has 0 bridgehead atoms. The van der Waals surface area contributed by atoms with Crippen molar-refractivity contribution in [3.63, 3.8) is 0 Å². The van der Waals surface area contributed by atoms with Crippen LogP contribution >= 0.6 is 0 Å². The van der Waals surface area contributed by atoms with Gasteiger partial charge in [-0.2, -0.15) is 0 Å². The molecule has 3 heterocycles. The van der Waals surface area contributed by atoms with Crippen molar-refractivity contribution in [1.82, 2.24) is 15.1 Å². The normalized spacial score (nSPS) is 25.7. The Bertz CT molecular complexity index is 1210.